The van der Waals surface area contributed by atoms with Gasteiger partial charge in [0.25, 0.3) is 0 Å². The minimum absolute atomic E-state index is 0.0281. The summed E-state index contributed by atoms with van der Waals surface area (Å²) in [7, 11) is 0. The van der Waals surface area contributed by atoms with Gasteiger partial charge in [0.05, 0.1) is 6.61 Å². The van der Waals surface area contributed by atoms with E-state index in [0.29, 0.717) is 13.0 Å². The summed E-state index contributed by atoms with van der Waals surface area (Å²) in [5.41, 5.74) is -1.27. The van der Waals surface area contributed by atoms with Crippen LogP contribution in [0.4, 0.5) is 4.79 Å². The Balaban J connectivity index is 1.89. The van der Waals surface area contributed by atoms with E-state index in [2.05, 4.69) is 16.7 Å². The average molecular weight is 254 g/mol. The van der Waals surface area contributed by atoms with Gasteiger partial charge in [-0.3, -0.25) is 0 Å². The summed E-state index contributed by atoms with van der Waals surface area (Å²) in [4.78, 5) is 23.0. The van der Waals surface area contributed by atoms with Crippen LogP contribution in [0.3, 0.4) is 0 Å². The molecule has 2 rings (SSSR count). The van der Waals surface area contributed by atoms with Crippen molar-refractivity contribution in [1.82, 2.24) is 10.6 Å². The van der Waals surface area contributed by atoms with Crippen LogP contribution >= 0.6 is 0 Å². The van der Waals surface area contributed by atoms with E-state index in [-0.39, 0.29) is 12.6 Å². The van der Waals surface area contributed by atoms with E-state index in [1.54, 1.807) is 0 Å². The highest BCUT2D eigenvalue weighted by Crippen LogP contribution is 2.19. The third-order valence-electron chi connectivity index (χ3n) is 3.39. The number of hydrogen-bond acceptors (Lipinski definition) is 3. The Labute approximate surface area is 105 Å². The van der Waals surface area contributed by atoms with Crippen LogP contribution in [0.5, 0.6) is 0 Å². The molecule has 0 aromatic carbocycles. The number of aliphatic carboxylic acids is 1. The lowest BCUT2D eigenvalue weighted by Gasteiger charge is -2.26. The number of nitrogens with one attached hydrogen (secondary N) is 2. The zero-order chi connectivity index (χ0) is 13.0. The van der Waals surface area contributed by atoms with E-state index in [1.807, 2.05) is 6.08 Å². The maximum atomic E-state index is 11.8. The molecule has 0 radical (unpaired) electrons. The fourth-order valence-electron chi connectivity index (χ4n) is 2.25. The molecule has 0 spiro atoms. The standard InChI is InChI=1S/C12H18N2O4/c15-10(16)12(6-7-18-8-12)14-11(17)13-9-4-2-1-3-5-9/h1-2,9H,3-8H2,(H,15,16)(H2,13,14,17). The summed E-state index contributed by atoms with van der Waals surface area (Å²) < 4.78 is 5.08. The van der Waals surface area contributed by atoms with Crippen molar-refractivity contribution in [3.63, 3.8) is 0 Å². The van der Waals surface area contributed by atoms with Gasteiger partial charge < -0.3 is 20.5 Å². The number of carboxylic acid groups (broad SMARTS) is 1. The largest absolute Gasteiger partial charge is 0.479 e. The first-order valence-corrected chi connectivity index (χ1v) is 6.17. The van der Waals surface area contributed by atoms with Crippen molar-refractivity contribution in [3.05, 3.63) is 12.2 Å². The third-order valence-corrected chi connectivity index (χ3v) is 3.39. The van der Waals surface area contributed by atoms with Crippen LogP contribution in [0.15, 0.2) is 12.2 Å². The van der Waals surface area contributed by atoms with Crippen molar-refractivity contribution >= 4 is 12.0 Å². The summed E-state index contributed by atoms with van der Waals surface area (Å²) in [6, 6.07) is -0.341. The second kappa shape index (κ2) is 5.39. The van der Waals surface area contributed by atoms with Gasteiger partial charge in [-0.05, 0) is 19.3 Å². The molecule has 100 valence electrons. The average Bonchev–Trinajstić information content (AvgIpc) is 2.80. The topological polar surface area (TPSA) is 87.7 Å². The van der Waals surface area contributed by atoms with E-state index in [0.717, 1.165) is 19.3 Å². The van der Waals surface area contributed by atoms with Crippen molar-refractivity contribution in [2.24, 2.45) is 0 Å². The minimum Gasteiger partial charge on any atom is -0.479 e. The Morgan fingerprint density at radius 1 is 1.39 bits per heavy atom. The predicted molar refractivity (Wildman–Crippen MR) is 64.2 cm³/mol. The van der Waals surface area contributed by atoms with Gasteiger partial charge in [0.1, 0.15) is 0 Å². The Morgan fingerprint density at radius 3 is 2.78 bits per heavy atom. The van der Waals surface area contributed by atoms with Crippen LogP contribution in [0.25, 0.3) is 0 Å². The Bertz CT molecular complexity index is 361. The first-order valence-electron chi connectivity index (χ1n) is 6.17. The fraction of sp³-hybridized carbons (Fsp3) is 0.667. The molecule has 1 heterocycles. The predicted octanol–water partition coefficient (Wildman–Crippen LogP) is 0.638. The van der Waals surface area contributed by atoms with E-state index in [1.165, 1.54) is 0 Å². The van der Waals surface area contributed by atoms with E-state index in [4.69, 9.17) is 4.74 Å². The van der Waals surface area contributed by atoms with E-state index in [9.17, 15) is 14.7 Å². The van der Waals surface area contributed by atoms with Gasteiger partial charge in [-0.25, -0.2) is 9.59 Å². The summed E-state index contributed by atoms with van der Waals surface area (Å²) in [6.07, 6.45) is 7.04. The number of ether oxygens (including phenoxy) is 1. The van der Waals surface area contributed by atoms with Gasteiger partial charge in [-0.15, -0.1) is 0 Å². The number of carbonyl (C=O) groups excluding carboxylic acids is 1. The zero-order valence-electron chi connectivity index (χ0n) is 10.1. The summed E-state index contributed by atoms with van der Waals surface area (Å²) in [6.45, 7) is 0.388. The highest BCUT2D eigenvalue weighted by Gasteiger charge is 2.44. The van der Waals surface area contributed by atoms with Crippen LogP contribution < -0.4 is 10.6 Å². The van der Waals surface area contributed by atoms with Gasteiger partial charge in [0, 0.05) is 19.1 Å². The maximum absolute atomic E-state index is 11.8. The number of allylic oxidation sites excluding steroid dienone is 1. The summed E-state index contributed by atoms with van der Waals surface area (Å²) in [5, 5.41) is 14.5. The highest BCUT2D eigenvalue weighted by molar-refractivity contribution is 5.86. The Kier molecular flexibility index (Phi) is 3.86. The molecule has 6 heteroatoms. The molecule has 1 aliphatic heterocycles. The quantitative estimate of drug-likeness (QED) is 0.645. The number of urea groups is 1. The van der Waals surface area contributed by atoms with E-state index < -0.39 is 17.5 Å². The summed E-state index contributed by atoms with van der Waals surface area (Å²) >= 11 is 0. The molecule has 6 nitrogen and oxygen atoms in total. The molecular formula is C12H18N2O4. The zero-order valence-corrected chi connectivity index (χ0v) is 10.1. The molecule has 0 saturated carbocycles. The number of hydrogen-bond donors (Lipinski definition) is 3. The first-order chi connectivity index (χ1) is 8.62. The first kappa shape index (κ1) is 12.9. The smallest absolute Gasteiger partial charge is 0.332 e. The van der Waals surface area contributed by atoms with Crippen LogP contribution in [0.1, 0.15) is 25.7 Å². The van der Waals surface area contributed by atoms with Crippen molar-refractivity contribution in [3.8, 4) is 0 Å². The second-order valence-corrected chi connectivity index (χ2v) is 4.77. The van der Waals surface area contributed by atoms with Gasteiger partial charge in [0.15, 0.2) is 5.54 Å². The lowest BCUT2D eigenvalue weighted by molar-refractivity contribution is -0.144. The SMILES string of the molecule is O=C(NC1CC=CCC1)NC1(C(=O)O)CCOC1. The van der Waals surface area contributed by atoms with Crippen LogP contribution in [0, 0.1) is 0 Å². The fourth-order valence-corrected chi connectivity index (χ4v) is 2.25. The third kappa shape index (κ3) is 2.81. The molecule has 0 aromatic rings. The maximum Gasteiger partial charge on any atom is 0.332 e. The van der Waals surface area contributed by atoms with E-state index >= 15 is 0 Å². The molecule has 0 aromatic heterocycles. The Hall–Kier alpha value is -1.56. The highest BCUT2D eigenvalue weighted by atomic mass is 16.5. The number of rotatable bonds is 3. The molecule has 2 amide bonds. The van der Waals surface area contributed by atoms with Gasteiger partial charge in [-0.1, -0.05) is 12.2 Å². The van der Waals surface area contributed by atoms with Crippen LogP contribution in [0.2, 0.25) is 0 Å². The van der Waals surface area contributed by atoms with Crippen molar-refractivity contribution in [1.29, 1.82) is 0 Å². The molecule has 1 fully saturated rings. The normalized spacial score (nSPS) is 31.0. The molecular weight excluding hydrogens is 236 g/mol. The molecule has 2 atom stereocenters. The van der Waals surface area contributed by atoms with Crippen LogP contribution in [-0.2, 0) is 9.53 Å². The van der Waals surface area contributed by atoms with Crippen LogP contribution in [-0.4, -0.2) is 41.9 Å². The number of carboxylic acids is 1. The number of amides is 2. The Morgan fingerprint density at radius 2 is 2.22 bits per heavy atom. The lowest BCUT2D eigenvalue weighted by Crippen LogP contribution is -2.58. The van der Waals surface area contributed by atoms with Crippen molar-refractivity contribution in [2.45, 2.75) is 37.3 Å². The van der Waals surface area contributed by atoms with Crippen molar-refractivity contribution in [2.75, 3.05) is 13.2 Å². The minimum atomic E-state index is -1.27. The molecule has 0 bridgehead atoms. The monoisotopic (exact) mass is 254 g/mol. The lowest BCUT2D eigenvalue weighted by atomic mass is 9.99. The molecule has 18 heavy (non-hydrogen) atoms. The molecule has 2 unspecified atom stereocenters. The summed E-state index contributed by atoms with van der Waals surface area (Å²) in [5.74, 6) is -1.04. The molecule has 3 N–H and O–H groups in total. The number of carbonyl (C=O) groups is 2. The van der Waals surface area contributed by atoms with Gasteiger partial charge in [0.2, 0.25) is 0 Å². The van der Waals surface area contributed by atoms with Gasteiger partial charge in [-0.2, -0.15) is 0 Å². The second-order valence-electron chi connectivity index (χ2n) is 4.77. The van der Waals surface area contributed by atoms with Gasteiger partial charge >= 0.3 is 12.0 Å². The molecule has 1 aliphatic carbocycles. The molecule has 1 saturated heterocycles. The van der Waals surface area contributed by atoms with Crippen molar-refractivity contribution < 1.29 is 19.4 Å². The molecule has 2 aliphatic rings.